The van der Waals surface area contributed by atoms with Crippen LogP contribution in [0.4, 0.5) is 5.82 Å². The standard InChI is InChI=1S/C27H37N5O2/c1-17-8-11-22-19(14-17)15-21(27(33)31-25(28)18-9-10-18)26(30-22)32-13-12-23(24(16-32)34-2)29-20-6-4-3-5-7-20/h8,11,14-15,18,20,23-24,29H,3-7,9-10,12-13,16H2,1-2H3,(H2,28,31,33). The van der Waals surface area contributed by atoms with E-state index in [1.165, 1.54) is 32.1 Å². The highest BCUT2D eigenvalue weighted by Gasteiger charge is 2.34. The minimum absolute atomic E-state index is 0.0341. The van der Waals surface area contributed by atoms with E-state index in [0.29, 0.717) is 35.8 Å². The smallest absolute Gasteiger partial charge is 0.260 e. The highest BCUT2D eigenvalue weighted by atomic mass is 16.5. The average molecular weight is 464 g/mol. The molecule has 2 unspecified atom stereocenters. The number of piperidine rings is 1. The SMILES string of the molecule is COC1CN(c2nc3ccc(C)cc3cc2C(=O)NC(=N)C2CC2)CCC1NC1CCCCC1. The van der Waals surface area contributed by atoms with Crippen molar-refractivity contribution in [2.24, 2.45) is 5.92 Å². The second-order valence-corrected chi connectivity index (χ2v) is 10.3. The molecule has 2 saturated carbocycles. The number of amidine groups is 1. The number of amides is 1. The molecule has 1 aliphatic heterocycles. The molecule has 1 saturated heterocycles. The zero-order chi connectivity index (χ0) is 23.7. The van der Waals surface area contributed by atoms with E-state index in [2.05, 4.69) is 27.7 Å². The molecule has 1 aromatic heterocycles. The lowest BCUT2D eigenvalue weighted by atomic mass is 9.92. The van der Waals surface area contributed by atoms with Crippen LogP contribution in [0.25, 0.3) is 10.9 Å². The predicted octanol–water partition coefficient (Wildman–Crippen LogP) is 4.18. The first-order valence-electron chi connectivity index (χ1n) is 12.9. The van der Waals surface area contributed by atoms with E-state index in [0.717, 1.165) is 42.3 Å². The Labute approximate surface area is 202 Å². The molecule has 7 heteroatoms. The molecule has 3 aliphatic rings. The Morgan fingerprint density at radius 2 is 1.91 bits per heavy atom. The van der Waals surface area contributed by atoms with Gasteiger partial charge in [-0.25, -0.2) is 4.98 Å². The third-order valence-corrected chi connectivity index (χ3v) is 7.64. The molecule has 0 radical (unpaired) electrons. The van der Waals surface area contributed by atoms with E-state index in [-0.39, 0.29) is 17.9 Å². The monoisotopic (exact) mass is 463 g/mol. The van der Waals surface area contributed by atoms with Gasteiger partial charge in [0.25, 0.3) is 5.91 Å². The lowest BCUT2D eigenvalue weighted by Gasteiger charge is -2.41. The van der Waals surface area contributed by atoms with Crippen LogP contribution in [0.1, 0.15) is 67.3 Å². The van der Waals surface area contributed by atoms with Crippen LogP contribution in [0.15, 0.2) is 24.3 Å². The van der Waals surface area contributed by atoms with Crippen molar-refractivity contribution in [1.82, 2.24) is 15.6 Å². The van der Waals surface area contributed by atoms with Crippen LogP contribution >= 0.6 is 0 Å². The number of methoxy groups -OCH3 is 1. The van der Waals surface area contributed by atoms with Crippen molar-refractivity contribution in [3.8, 4) is 0 Å². The van der Waals surface area contributed by atoms with E-state index in [1.807, 2.05) is 19.1 Å². The Morgan fingerprint density at radius 3 is 2.65 bits per heavy atom. The summed E-state index contributed by atoms with van der Waals surface area (Å²) in [5.41, 5.74) is 2.55. The summed E-state index contributed by atoms with van der Waals surface area (Å²) in [5, 5.41) is 15.9. The summed E-state index contributed by atoms with van der Waals surface area (Å²) in [4.78, 5) is 20.4. The van der Waals surface area contributed by atoms with Crippen molar-refractivity contribution in [3.05, 3.63) is 35.4 Å². The molecule has 0 bridgehead atoms. The Morgan fingerprint density at radius 1 is 1.12 bits per heavy atom. The van der Waals surface area contributed by atoms with Gasteiger partial charge < -0.3 is 20.3 Å². The fourth-order valence-electron chi connectivity index (χ4n) is 5.47. The van der Waals surface area contributed by atoms with E-state index < -0.39 is 0 Å². The van der Waals surface area contributed by atoms with Crippen LogP contribution in [0.2, 0.25) is 0 Å². The largest absolute Gasteiger partial charge is 0.378 e. The number of nitrogens with zero attached hydrogens (tertiary/aromatic N) is 2. The number of ether oxygens (including phenoxy) is 1. The van der Waals surface area contributed by atoms with Gasteiger partial charge in [-0.15, -0.1) is 0 Å². The third kappa shape index (κ3) is 5.10. The molecule has 34 heavy (non-hydrogen) atoms. The van der Waals surface area contributed by atoms with E-state index >= 15 is 0 Å². The van der Waals surface area contributed by atoms with Gasteiger partial charge in [-0.2, -0.15) is 0 Å². The molecule has 5 rings (SSSR count). The molecule has 3 fully saturated rings. The van der Waals surface area contributed by atoms with Crippen molar-refractivity contribution < 1.29 is 9.53 Å². The van der Waals surface area contributed by atoms with E-state index in [9.17, 15) is 4.79 Å². The molecule has 7 nitrogen and oxygen atoms in total. The molecule has 3 N–H and O–H groups in total. The van der Waals surface area contributed by atoms with Crippen molar-refractivity contribution in [3.63, 3.8) is 0 Å². The van der Waals surface area contributed by atoms with Crippen molar-refractivity contribution >= 4 is 28.5 Å². The van der Waals surface area contributed by atoms with Crippen LogP contribution in [0, 0.1) is 18.3 Å². The van der Waals surface area contributed by atoms with Crippen LogP contribution < -0.4 is 15.5 Å². The molecular formula is C27H37N5O2. The number of anilines is 1. The Hall–Kier alpha value is -2.51. The number of nitrogens with one attached hydrogen (secondary N) is 3. The van der Waals surface area contributed by atoms with Gasteiger partial charge in [0.15, 0.2) is 0 Å². The fourth-order valence-corrected chi connectivity index (χ4v) is 5.47. The van der Waals surface area contributed by atoms with Gasteiger partial charge >= 0.3 is 0 Å². The van der Waals surface area contributed by atoms with Crippen LogP contribution in [-0.4, -0.2) is 55.1 Å². The second-order valence-electron chi connectivity index (χ2n) is 10.3. The Balaban J connectivity index is 1.40. The fraction of sp³-hybridized carbons (Fsp3) is 0.593. The molecule has 0 spiro atoms. The van der Waals surface area contributed by atoms with Crippen molar-refractivity contribution in [1.29, 1.82) is 5.41 Å². The summed E-state index contributed by atoms with van der Waals surface area (Å²) in [5.74, 6) is 0.975. The van der Waals surface area contributed by atoms with Gasteiger partial charge in [-0.3, -0.25) is 10.2 Å². The van der Waals surface area contributed by atoms with Crippen LogP contribution in [0.3, 0.4) is 0 Å². The number of hydrogen-bond acceptors (Lipinski definition) is 6. The number of aryl methyl sites for hydroxylation is 1. The number of aromatic nitrogens is 1. The minimum atomic E-state index is -0.237. The zero-order valence-corrected chi connectivity index (χ0v) is 20.4. The molecule has 1 aromatic carbocycles. The summed E-state index contributed by atoms with van der Waals surface area (Å²) in [6.07, 6.45) is 9.41. The minimum Gasteiger partial charge on any atom is -0.378 e. The summed E-state index contributed by atoms with van der Waals surface area (Å²) >= 11 is 0. The Kier molecular flexibility index (Phi) is 6.84. The quantitative estimate of drug-likeness (QED) is 0.442. The maximum absolute atomic E-state index is 13.3. The average Bonchev–Trinajstić information content (AvgIpc) is 3.70. The molecule has 2 atom stereocenters. The number of carbonyl (C=O) groups excluding carboxylic acids is 1. The number of benzene rings is 1. The first-order chi connectivity index (χ1) is 16.5. The normalized spacial score (nSPS) is 23.8. The topological polar surface area (TPSA) is 90.3 Å². The predicted molar refractivity (Wildman–Crippen MR) is 136 cm³/mol. The highest BCUT2D eigenvalue weighted by Crippen LogP contribution is 2.31. The molecular weight excluding hydrogens is 426 g/mol. The van der Waals surface area contributed by atoms with Gasteiger partial charge in [0.05, 0.1) is 17.2 Å². The molecule has 1 amide bonds. The van der Waals surface area contributed by atoms with Gasteiger partial charge in [0.2, 0.25) is 0 Å². The first kappa shape index (κ1) is 23.2. The van der Waals surface area contributed by atoms with Crippen molar-refractivity contribution in [2.45, 2.75) is 76.5 Å². The van der Waals surface area contributed by atoms with Crippen LogP contribution in [0.5, 0.6) is 0 Å². The number of hydrogen-bond donors (Lipinski definition) is 3. The van der Waals surface area contributed by atoms with Gasteiger partial charge in [0.1, 0.15) is 11.7 Å². The number of fused-ring (bicyclic) bond motifs is 1. The molecule has 182 valence electrons. The van der Waals surface area contributed by atoms with Gasteiger partial charge in [0, 0.05) is 43.6 Å². The summed E-state index contributed by atoms with van der Waals surface area (Å²) in [6, 6.07) is 8.97. The summed E-state index contributed by atoms with van der Waals surface area (Å²) < 4.78 is 5.94. The summed E-state index contributed by atoms with van der Waals surface area (Å²) in [7, 11) is 1.78. The summed E-state index contributed by atoms with van der Waals surface area (Å²) in [6.45, 7) is 3.55. The van der Waals surface area contributed by atoms with Gasteiger partial charge in [-0.05, 0) is 57.2 Å². The zero-order valence-electron chi connectivity index (χ0n) is 20.4. The first-order valence-corrected chi connectivity index (χ1v) is 12.9. The molecule has 2 heterocycles. The van der Waals surface area contributed by atoms with Crippen LogP contribution in [-0.2, 0) is 4.74 Å². The highest BCUT2D eigenvalue weighted by molar-refractivity contribution is 6.10. The molecule has 2 aliphatic carbocycles. The number of pyridine rings is 1. The third-order valence-electron chi connectivity index (χ3n) is 7.64. The van der Waals surface area contributed by atoms with Gasteiger partial charge in [-0.1, -0.05) is 30.9 Å². The maximum Gasteiger partial charge on any atom is 0.260 e. The second kappa shape index (κ2) is 10.0. The van der Waals surface area contributed by atoms with E-state index in [1.54, 1.807) is 7.11 Å². The van der Waals surface area contributed by atoms with Crippen molar-refractivity contribution in [2.75, 3.05) is 25.1 Å². The number of carbonyl (C=O) groups is 1. The lowest BCUT2D eigenvalue weighted by molar-refractivity contribution is 0.0533. The lowest BCUT2D eigenvalue weighted by Crippen LogP contribution is -2.56. The maximum atomic E-state index is 13.3. The van der Waals surface area contributed by atoms with E-state index in [4.69, 9.17) is 15.1 Å². The molecule has 2 aromatic rings. The Bertz CT molecular complexity index is 1060. The number of rotatable bonds is 6.